The van der Waals surface area contributed by atoms with Crippen LogP contribution in [0.15, 0.2) is 84.9 Å². The van der Waals surface area contributed by atoms with Gasteiger partial charge in [0.25, 0.3) is 0 Å². The lowest BCUT2D eigenvalue weighted by Gasteiger charge is -2.14. The van der Waals surface area contributed by atoms with Gasteiger partial charge in [0.2, 0.25) is 0 Å². The smallest absolute Gasteiger partial charge is 0.149 e. The van der Waals surface area contributed by atoms with E-state index >= 15 is 0 Å². The van der Waals surface area contributed by atoms with Crippen molar-refractivity contribution in [2.24, 2.45) is 0 Å². The summed E-state index contributed by atoms with van der Waals surface area (Å²) >= 11 is 0. The molecule has 1 heterocycles. The molecule has 120 valence electrons. The van der Waals surface area contributed by atoms with Crippen molar-refractivity contribution in [2.75, 3.05) is 0 Å². The first kappa shape index (κ1) is 15.2. The van der Waals surface area contributed by atoms with E-state index in [1.54, 1.807) is 0 Å². The van der Waals surface area contributed by atoms with Crippen molar-refractivity contribution in [3.63, 3.8) is 0 Å². The number of ether oxygens (including phenoxy) is 1. The highest BCUT2D eigenvalue weighted by Crippen LogP contribution is 2.60. The van der Waals surface area contributed by atoms with Crippen LogP contribution in [0.5, 0.6) is 0 Å². The zero-order valence-corrected chi connectivity index (χ0v) is 14.0. The molecule has 0 radical (unpaired) electrons. The Morgan fingerprint density at radius 2 is 1.29 bits per heavy atom. The molecular formula is C23H22O. The first-order chi connectivity index (χ1) is 11.8. The number of hydrogen-bond acceptors (Lipinski definition) is 1. The van der Waals surface area contributed by atoms with E-state index in [0.717, 1.165) is 6.42 Å². The van der Waals surface area contributed by atoms with Crippen molar-refractivity contribution in [3.8, 4) is 0 Å². The van der Waals surface area contributed by atoms with E-state index in [2.05, 4.69) is 91.9 Å². The molecule has 1 saturated heterocycles. The first-order valence-corrected chi connectivity index (χ1v) is 8.72. The van der Waals surface area contributed by atoms with Crippen molar-refractivity contribution in [2.45, 2.75) is 31.5 Å². The van der Waals surface area contributed by atoms with Gasteiger partial charge in [0, 0.05) is 0 Å². The molecule has 1 atom stereocenters. The minimum absolute atomic E-state index is 0.0815. The average molecular weight is 314 g/mol. The van der Waals surface area contributed by atoms with E-state index in [0.29, 0.717) is 0 Å². The lowest BCUT2D eigenvalue weighted by Crippen LogP contribution is -2.12. The second kappa shape index (κ2) is 6.26. The van der Waals surface area contributed by atoms with Gasteiger partial charge < -0.3 is 4.74 Å². The minimum atomic E-state index is -0.352. The normalized spacial score (nSPS) is 18.3. The lowest BCUT2D eigenvalue weighted by molar-refractivity contribution is 0.329. The van der Waals surface area contributed by atoms with E-state index < -0.39 is 0 Å². The summed E-state index contributed by atoms with van der Waals surface area (Å²) in [6, 6.07) is 30.0. The van der Waals surface area contributed by atoms with Crippen molar-refractivity contribution >= 4 is 0 Å². The molecule has 3 aromatic rings. The molecule has 1 aliphatic heterocycles. The summed E-state index contributed by atoms with van der Waals surface area (Å²) in [7, 11) is 0. The maximum atomic E-state index is 6.36. The van der Waals surface area contributed by atoms with Crippen molar-refractivity contribution in [1.29, 1.82) is 0 Å². The van der Waals surface area contributed by atoms with Gasteiger partial charge in [-0.15, -0.1) is 0 Å². The quantitative estimate of drug-likeness (QED) is 0.554. The zero-order chi connectivity index (χ0) is 16.4. The van der Waals surface area contributed by atoms with Crippen LogP contribution in [0.25, 0.3) is 0 Å². The molecule has 0 bridgehead atoms. The van der Waals surface area contributed by atoms with Gasteiger partial charge in [0.15, 0.2) is 0 Å². The van der Waals surface area contributed by atoms with Gasteiger partial charge in [0.1, 0.15) is 11.7 Å². The Hall–Kier alpha value is -2.38. The maximum absolute atomic E-state index is 6.36. The molecule has 3 aromatic carbocycles. The molecule has 24 heavy (non-hydrogen) atoms. The summed E-state index contributed by atoms with van der Waals surface area (Å²) in [5.74, 6) is 0. The van der Waals surface area contributed by atoms with Gasteiger partial charge >= 0.3 is 0 Å². The van der Waals surface area contributed by atoms with Crippen LogP contribution in [0.1, 0.15) is 41.7 Å². The van der Waals surface area contributed by atoms with Gasteiger partial charge in [-0.2, -0.15) is 0 Å². The molecular weight excluding hydrogens is 292 g/mol. The molecule has 1 heteroatoms. The number of epoxide rings is 1. The summed E-state index contributed by atoms with van der Waals surface area (Å²) in [6.45, 7) is 2.22. The van der Waals surface area contributed by atoms with E-state index in [9.17, 15) is 0 Å². The minimum Gasteiger partial charge on any atom is -0.351 e. The van der Waals surface area contributed by atoms with Gasteiger partial charge in [0.05, 0.1) is 0 Å². The molecule has 1 unspecified atom stereocenters. The Kier molecular flexibility index (Phi) is 3.95. The van der Waals surface area contributed by atoms with Gasteiger partial charge in [-0.25, -0.2) is 0 Å². The fourth-order valence-electron chi connectivity index (χ4n) is 3.58. The second-order valence-electron chi connectivity index (χ2n) is 6.46. The third-order valence-corrected chi connectivity index (χ3v) is 4.84. The summed E-state index contributed by atoms with van der Waals surface area (Å²) < 4.78 is 6.36. The van der Waals surface area contributed by atoms with Crippen LogP contribution in [-0.2, 0) is 16.8 Å². The van der Waals surface area contributed by atoms with E-state index in [1.165, 1.54) is 28.7 Å². The largest absolute Gasteiger partial charge is 0.351 e. The van der Waals surface area contributed by atoms with Gasteiger partial charge in [-0.3, -0.25) is 0 Å². The molecule has 0 amide bonds. The van der Waals surface area contributed by atoms with Crippen molar-refractivity contribution < 1.29 is 4.74 Å². The van der Waals surface area contributed by atoms with Crippen molar-refractivity contribution in [3.05, 3.63) is 107 Å². The molecule has 1 nitrogen and oxygen atoms in total. The van der Waals surface area contributed by atoms with Crippen LogP contribution >= 0.6 is 0 Å². The third kappa shape index (κ3) is 2.55. The number of benzene rings is 3. The summed E-state index contributed by atoms with van der Waals surface area (Å²) in [5, 5.41) is 0. The van der Waals surface area contributed by atoms with Crippen LogP contribution in [0, 0.1) is 0 Å². The molecule has 0 aromatic heterocycles. The fourth-order valence-corrected chi connectivity index (χ4v) is 3.58. The van der Waals surface area contributed by atoms with Crippen LogP contribution in [0.2, 0.25) is 0 Å². The molecule has 0 aliphatic carbocycles. The molecule has 4 rings (SSSR count). The topological polar surface area (TPSA) is 12.5 Å². The molecule has 1 aliphatic rings. The number of rotatable bonds is 5. The molecule has 0 N–H and O–H groups in total. The second-order valence-corrected chi connectivity index (χ2v) is 6.46. The Labute approximate surface area is 143 Å². The van der Waals surface area contributed by atoms with E-state index in [1.807, 2.05) is 0 Å². The Bertz CT molecular complexity index is 751. The summed E-state index contributed by atoms with van der Waals surface area (Å²) in [5.41, 5.74) is 4.74. The predicted octanol–water partition coefficient (Wildman–Crippen LogP) is 5.65. The highest BCUT2D eigenvalue weighted by Gasteiger charge is 2.59. The van der Waals surface area contributed by atoms with E-state index in [-0.39, 0.29) is 11.7 Å². The van der Waals surface area contributed by atoms with Crippen LogP contribution in [-0.4, -0.2) is 0 Å². The van der Waals surface area contributed by atoms with E-state index in [4.69, 9.17) is 4.74 Å². The van der Waals surface area contributed by atoms with Crippen LogP contribution < -0.4 is 0 Å². The SMILES string of the molecule is CCCc1ccc(C2OC2(c2ccccc2)c2ccccc2)cc1. The Morgan fingerprint density at radius 1 is 0.750 bits per heavy atom. The lowest BCUT2D eigenvalue weighted by atomic mass is 9.85. The predicted molar refractivity (Wildman–Crippen MR) is 97.9 cm³/mol. The standard InChI is InChI=1S/C23H22O/c1-2-9-18-14-16-19(17-15-18)22-23(24-22,20-10-5-3-6-11-20)21-12-7-4-8-13-21/h3-8,10-17,22H,2,9H2,1H3. The van der Waals surface area contributed by atoms with Crippen LogP contribution in [0.4, 0.5) is 0 Å². The number of aryl methyl sites for hydroxylation is 1. The highest BCUT2D eigenvalue weighted by molar-refractivity contribution is 5.46. The summed E-state index contributed by atoms with van der Waals surface area (Å²) in [4.78, 5) is 0. The number of hydrogen-bond donors (Lipinski definition) is 0. The fraction of sp³-hybridized carbons (Fsp3) is 0.217. The summed E-state index contributed by atoms with van der Waals surface area (Å²) in [6.07, 6.45) is 2.39. The maximum Gasteiger partial charge on any atom is 0.149 e. The Morgan fingerprint density at radius 3 is 1.79 bits per heavy atom. The zero-order valence-electron chi connectivity index (χ0n) is 14.0. The highest BCUT2D eigenvalue weighted by atomic mass is 16.6. The monoisotopic (exact) mass is 314 g/mol. The molecule has 0 saturated carbocycles. The Balaban J connectivity index is 1.72. The third-order valence-electron chi connectivity index (χ3n) is 4.84. The van der Waals surface area contributed by atoms with Crippen LogP contribution in [0.3, 0.4) is 0 Å². The average Bonchev–Trinajstić information content (AvgIpc) is 3.41. The molecule has 0 spiro atoms. The van der Waals surface area contributed by atoms with Crippen molar-refractivity contribution in [1.82, 2.24) is 0 Å². The first-order valence-electron chi connectivity index (χ1n) is 8.72. The molecule has 1 fully saturated rings. The van der Waals surface area contributed by atoms with Gasteiger partial charge in [-0.1, -0.05) is 98.3 Å². The van der Waals surface area contributed by atoms with Gasteiger partial charge in [-0.05, 0) is 28.7 Å².